The zero-order chi connectivity index (χ0) is 13.0. The number of hydrogen-bond acceptors (Lipinski definition) is 2. The highest BCUT2D eigenvalue weighted by Crippen LogP contribution is 2.38. The van der Waals surface area contributed by atoms with Crippen LogP contribution < -0.4 is 0 Å². The standard InChI is InChI=1S/C13H26O2Si/c1-8-11(2)12(9-10-14)15-16(6,7)13(3,4)5/h8,10,12H,9H2,1-7H3. The molecule has 0 saturated carbocycles. The summed E-state index contributed by atoms with van der Waals surface area (Å²) >= 11 is 0. The molecule has 1 unspecified atom stereocenters. The summed E-state index contributed by atoms with van der Waals surface area (Å²) in [5.74, 6) is 0. The second kappa shape index (κ2) is 5.78. The summed E-state index contributed by atoms with van der Waals surface area (Å²) in [4.78, 5) is 10.7. The van der Waals surface area contributed by atoms with Gasteiger partial charge in [0.15, 0.2) is 8.32 Å². The molecule has 0 aliphatic carbocycles. The van der Waals surface area contributed by atoms with Crippen LogP contribution in [0.4, 0.5) is 0 Å². The Balaban J connectivity index is 4.82. The molecule has 16 heavy (non-hydrogen) atoms. The fraction of sp³-hybridized carbons (Fsp3) is 0.769. The van der Waals surface area contributed by atoms with Crippen LogP contribution in [0.5, 0.6) is 0 Å². The molecule has 0 bridgehead atoms. The van der Waals surface area contributed by atoms with E-state index in [1.807, 2.05) is 19.9 Å². The van der Waals surface area contributed by atoms with Crippen LogP contribution >= 0.6 is 0 Å². The molecule has 2 nitrogen and oxygen atoms in total. The van der Waals surface area contributed by atoms with Crippen LogP contribution in [0.3, 0.4) is 0 Å². The third-order valence-electron chi connectivity index (χ3n) is 3.52. The molecule has 0 saturated heterocycles. The van der Waals surface area contributed by atoms with E-state index in [0.717, 1.165) is 11.9 Å². The molecule has 0 aliphatic rings. The zero-order valence-electron chi connectivity index (χ0n) is 11.8. The van der Waals surface area contributed by atoms with Gasteiger partial charge in [-0.05, 0) is 37.6 Å². The van der Waals surface area contributed by atoms with Crippen molar-refractivity contribution in [2.24, 2.45) is 0 Å². The normalized spacial score (nSPS) is 16.1. The van der Waals surface area contributed by atoms with Gasteiger partial charge in [0.25, 0.3) is 0 Å². The smallest absolute Gasteiger partial charge is 0.192 e. The van der Waals surface area contributed by atoms with E-state index in [2.05, 4.69) is 33.9 Å². The molecule has 0 aromatic carbocycles. The van der Waals surface area contributed by atoms with Gasteiger partial charge in [-0.25, -0.2) is 0 Å². The lowest BCUT2D eigenvalue weighted by Crippen LogP contribution is -2.44. The third-order valence-corrected chi connectivity index (χ3v) is 8.00. The molecule has 0 aromatic rings. The van der Waals surface area contributed by atoms with Gasteiger partial charge in [0.1, 0.15) is 6.29 Å². The summed E-state index contributed by atoms with van der Waals surface area (Å²) < 4.78 is 6.23. The van der Waals surface area contributed by atoms with Crippen LogP contribution in [0.25, 0.3) is 0 Å². The molecule has 1 atom stereocenters. The highest BCUT2D eigenvalue weighted by Gasteiger charge is 2.39. The van der Waals surface area contributed by atoms with Gasteiger partial charge in [-0.2, -0.15) is 0 Å². The van der Waals surface area contributed by atoms with Crippen molar-refractivity contribution in [1.82, 2.24) is 0 Å². The number of rotatable bonds is 5. The Hall–Kier alpha value is -0.413. The second-order valence-corrected chi connectivity index (χ2v) is 10.6. The minimum atomic E-state index is -1.78. The van der Waals surface area contributed by atoms with Crippen LogP contribution in [0.15, 0.2) is 11.6 Å². The Morgan fingerprint density at radius 1 is 1.38 bits per heavy atom. The minimum absolute atomic E-state index is 0.0385. The topological polar surface area (TPSA) is 26.3 Å². The summed E-state index contributed by atoms with van der Waals surface area (Å²) in [6, 6.07) is 0. The first kappa shape index (κ1) is 15.6. The largest absolute Gasteiger partial charge is 0.410 e. The predicted molar refractivity (Wildman–Crippen MR) is 72.2 cm³/mol. The molecule has 0 aromatic heterocycles. The molecule has 0 spiro atoms. The van der Waals surface area contributed by atoms with E-state index < -0.39 is 8.32 Å². The first-order valence-electron chi connectivity index (χ1n) is 5.90. The van der Waals surface area contributed by atoms with E-state index in [1.165, 1.54) is 0 Å². The van der Waals surface area contributed by atoms with Crippen LogP contribution in [0.1, 0.15) is 41.0 Å². The monoisotopic (exact) mass is 242 g/mol. The van der Waals surface area contributed by atoms with E-state index in [9.17, 15) is 4.79 Å². The number of hydrogen-bond donors (Lipinski definition) is 0. The molecule has 0 aliphatic heterocycles. The number of allylic oxidation sites excluding steroid dienone is 1. The fourth-order valence-electron chi connectivity index (χ4n) is 1.13. The van der Waals surface area contributed by atoms with Crippen molar-refractivity contribution in [2.75, 3.05) is 0 Å². The Morgan fingerprint density at radius 3 is 2.19 bits per heavy atom. The summed E-state index contributed by atoms with van der Waals surface area (Å²) in [5, 5.41) is 0.183. The van der Waals surface area contributed by atoms with E-state index in [1.54, 1.807) is 0 Å². The van der Waals surface area contributed by atoms with Gasteiger partial charge in [-0.3, -0.25) is 0 Å². The molecule has 0 rings (SSSR count). The first-order chi connectivity index (χ1) is 7.15. The quantitative estimate of drug-likeness (QED) is 0.415. The van der Waals surface area contributed by atoms with E-state index in [0.29, 0.717) is 6.42 Å². The number of carbonyl (C=O) groups excluding carboxylic acids is 1. The van der Waals surface area contributed by atoms with Crippen molar-refractivity contribution < 1.29 is 9.22 Å². The Morgan fingerprint density at radius 2 is 1.88 bits per heavy atom. The lowest BCUT2D eigenvalue weighted by Gasteiger charge is -2.39. The SMILES string of the molecule is CC=C(C)C(CC=O)O[Si](C)(C)C(C)(C)C. The van der Waals surface area contributed by atoms with Crippen molar-refractivity contribution in [3.63, 3.8) is 0 Å². The highest BCUT2D eigenvalue weighted by atomic mass is 28.4. The lowest BCUT2D eigenvalue weighted by molar-refractivity contribution is -0.109. The first-order valence-corrected chi connectivity index (χ1v) is 8.80. The van der Waals surface area contributed by atoms with Crippen molar-refractivity contribution in [1.29, 1.82) is 0 Å². The maximum absolute atomic E-state index is 10.7. The Labute approximate surface area is 101 Å². The zero-order valence-corrected chi connectivity index (χ0v) is 12.8. The van der Waals surface area contributed by atoms with Gasteiger partial charge < -0.3 is 9.22 Å². The van der Waals surface area contributed by atoms with Crippen LogP contribution in [0, 0.1) is 0 Å². The molecule has 3 heteroatoms. The van der Waals surface area contributed by atoms with Crippen molar-refractivity contribution in [3.8, 4) is 0 Å². The summed E-state index contributed by atoms with van der Waals surface area (Å²) in [5.41, 5.74) is 1.15. The number of aldehydes is 1. The highest BCUT2D eigenvalue weighted by molar-refractivity contribution is 6.74. The summed E-state index contributed by atoms with van der Waals surface area (Å²) in [6.45, 7) is 15.1. The van der Waals surface area contributed by atoms with Gasteiger partial charge in [0, 0.05) is 6.42 Å². The van der Waals surface area contributed by atoms with Crippen molar-refractivity contribution in [3.05, 3.63) is 11.6 Å². The Kier molecular flexibility index (Phi) is 5.63. The lowest BCUT2D eigenvalue weighted by atomic mass is 10.1. The van der Waals surface area contributed by atoms with Gasteiger partial charge in [0.2, 0.25) is 0 Å². The van der Waals surface area contributed by atoms with E-state index in [4.69, 9.17) is 4.43 Å². The average molecular weight is 242 g/mol. The van der Waals surface area contributed by atoms with Gasteiger partial charge in [0.05, 0.1) is 6.10 Å². The molecule has 0 fully saturated rings. The predicted octanol–water partition coefficient (Wildman–Crippen LogP) is 3.93. The Bertz CT molecular complexity index is 262. The van der Waals surface area contributed by atoms with Crippen molar-refractivity contribution in [2.45, 2.75) is 65.3 Å². The summed E-state index contributed by atoms with van der Waals surface area (Å²) in [7, 11) is -1.78. The molecule has 0 N–H and O–H groups in total. The van der Waals surface area contributed by atoms with Crippen LogP contribution in [0.2, 0.25) is 18.1 Å². The van der Waals surface area contributed by atoms with Crippen LogP contribution in [-0.2, 0) is 9.22 Å². The maximum Gasteiger partial charge on any atom is 0.192 e. The molecule has 94 valence electrons. The average Bonchev–Trinajstić information content (AvgIpc) is 2.14. The second-order valence-electron chi connectivity index (χ2n) is 5.80. The fourth-order valence-corrected chi connectivity index (χ4v) is 2.48. The van der Waals surface area contributed by atoms with Gasteiger partial charge >= 0.3 is 0 Å². The summed E-state index contributed by atoms with van der Waals surface area (Å²) in [6.07, 6.45) is 3.40. The van der Waals surface area contributed by atoms with Gasteiger partial charge in [-0.15, -0.1) is 0 Å². The third kappa shape index (κ3) is 4.22. The number of carbonyl (C=O) groups is 1. The molecule has 0 amide bonds. The molecular weight excluding hydrogens is 216 g/mol. The van der Waals surface area contributed by atoms with Gasteiger partial charge in [-0.1, -0.05) is 26.8 Å². The van der Waals surface area contributed by atoms with E-state index >= 15 is 0 Å². The molecule has 0 heterocycles. The van der Waals surface area contributed by atoms with E-state index in [-0.39, 0.29) is 11.1 Å². The molecule has 0 radical (unpaired) electrons. The van der Waals surface area contributed by atoms with Crippen molar-refractivity contribution >= 4 is 14.6 Å². The minimum Gasteiger partial charge on any atom is -0.410 e. The van der Waals surface area contributed by atoms with Crippen LogP contribution in [-0.4, -0.2) is 20.7 Å². The molecular formula is C13H26O2Si. The maximum atomic E-state index is 10.7.